The van der Waals surface area contributed by atoms with Crippen LogP contribution in [0.25, 0.3) is 10.9 Å². The molecule has 3 heterocycles. The monoisotopic (exact) mass is 379 g/mol. The molecule has 0 amide bonds. The van der Waals surface area contributed by atoms with E-state index in [2.05, 4.69) is 68.9 Å². The number of benzene rings is 1. The average Bonchev–Trinajstić information content (AvgIpc) is 3.31. The van der Waals surface area contributed by atoms with Crippen LogP contribution in [0.15, 0.2) is 29.4 Å². The molecule has 4 rings (SSSR count). The molecule has 0 radical (unpaired) electrons. The Morgan fingerprint density at radius 3 is 3.11 bits per heavy atom. The van der Waals surface area contributed by atoms with Gasteiger partial charge in [0.05, 0.1) is 6.54 Å². The summed E-state index contributed by atoms with van der Waals surface area (Å²) in [6.07, 6.45) is 5.95. The van der Waals surface area contributed by atoms with Gasteiger partial charge in [-0.05, 0) is 30.9 Å². The SMILES string of the molecule is CCc1nc2n(n1)CC(NC(=NC)NCCc1c[nH]c3c(C)cccc13)CC2. The van der Waals surface area contributed by atoms with Gasteiger partial charge < -0.3 is 15.6 Å². The molecule has 148 valence electrons. The molecule has 7 heteroatoms. The second-order valence-electron chi connectivity index (χ2n) is 7.42. The molecule has 1 atom stereocenters. The van der Waals surface area contributed by atoms with E-state index in [1.165, 1.54) is 22.0 Å². The molecule has 0 spiro atoms. The second-order valence-corrected chi connectivity index (χ2v) is 7.42. The Morgan fingerprint density at radius 1 is 1.39 bits per heavy atom. The highest BCUT2D eigenvalue weighted by atomic mass is 15.4. The Balaban J connectivity index is 1.32. The van der Waals surface area contributed by atoms with E-state index < -0.39 is 0 Å². The number of guanidine groups is 1. The number of hydrogen-bond acceptors (Lipinski definition) is 3. The molecule has 1 aliphatic rings. The van der Waals surface area contributed by atoms with E-state index in [4.69, 9.17) is 0 Å². The Morgan fingerprint density at radius 2 is 2.29 bits per heavy atom. The van der Waals surface area contributed by atoms with Gasteiger partial charge in [0.25, 0.3) is 0 Å². The van der Waals surface area contributed by atoms with Gasteiger partial charge in [-0.2, -0.15) is 5.10 Å². The molecule has 0 aliphatic carbocycles. The average molecular weight is 380 g/mol. The lowest BCUT2D eigenvalue weighted by Crippen LogP contribution is -2.47. The zero-order chi connectivity index (χ0) is 19.5. The maximum atomic E-state index is 4.59. The number of nitrogens with one attached hydrogen (secondary N) is 3. The van der Waals surface area contributed by atoms with Crippen LogP contribution >= 0.6 is 0 Å². The largest absolute Gasteiger partial charge is 0.361 e. The van der Waals surface area contributed by atoms with Gasteiger partial charge >= 0.3 is 0 Å². The zero-order valence-electron chi connectivity index (χ0n) is 16.9. The van der Waals surface area contributed by atoms with Crippen molar-refractivity contribution in [2.45, 2.75) is 52.1 Å². The fourth-order valence-electron chi connectivity index (χ4n) is 3.90. The number of aryl methyl sites for hydroxylation is 3. The summed E-state index contributed by atoms with van der Waals surface area (Å²) in [5.74, 6) is 2.89. The van der Waals surface area contributed by atoms with Crippen molar-refractivity contribution in [2.75, 3.05) is 13.6 Å². The quantitative estimate of drug-likeness (QED) is 0.469. The van der Waals surface area contributed by atoms with Crippen molar-refractivity contribution in [1.29, 1.82) is 0 Å². The molecule has 1 aromatic carbocycles. The number of para-hydroxylation sites is 1. The summed E-state index contributed by atoms with van der Waals surface area (Å²) in [5.41, 5.74) is 3.85. The molecule has 0 bridgehead atoms. The van der Waals surface area contributed by atoms with Gasteiger partial charge in [0.2, 0.25) is 0 Å². The fraction of sp³-hybridized carbons (Fsp3) is 0.476. The lowest BCUT2D eigenvalue weighted by molar-refractivity contribution is 0.392. The van der Waals surface area contributed by atoms with E-state index in [1.54, 1.807) is 0 Å². The van der Waals surface area contributed by atoms with Crippen molar-refractivity contribution >= 4 is 16.9 Å². The van der Waals surface area contributed by atoms with Gasteiger partial charge in [-0.1, -0.05) is 25.1 Å². The molecular formula is C21H29N7. The highest BCUT2D eigenvalue weighted by Gasteiger charge is 2.22. The molecule has 0 saturated carbocycles. The van der Waals surface area contributed by atoms with Crippen LogP contribution in [0, 0.1) is 6.92 Å². The van der Waals surface area contributed by atoms with Crippen molar-refractivity contribution < 1.29 is 0 Å². The Labute approximate surface area is 165 Å². The minimum Gasteiger partial charge on any atom is -0.361 e. The minimum atomic E-state index is 0.320. The first-order valence-electron chi connectivity index (χ1n) is 10.1. The van der Waals surface area contributed by atoms with Crippen molar-refractivity contribution in [1.82, 2.24) is 30.4 Å². The highest BCUT2D eigenvalue weighted by molar-refractivity contribution is 5.86. The predicted molar refractivity (Wildman–Crippen MR) is 113 cm³/mol. The van der Waals surface area contributed by atoms with Gasteiger partial charge in [0, 0.05) is 49.6 Å². The maximum Gasteiger partial charge on any atom is 0.191 e. The number of aliphatic imine (C=N–C) groups is 1. The molecule has 0 saturated heterocycles. The summed E-state index contributed by atoms with van der Waals surface area (Å²) in [6, 6.07) is 6.76. The van der Waals surface area contributed by atoms with Crippen LogP contribution in [-0.4, -0.2) is 45.3 Å². The smallest absolute Gasteiger partial charge is 0.191 e. The summed E-state index contributed by atoms with van der Waals surface area (Å²) in [4.78, 5) is 12.4. The topological polar surface area (TPSA) is 82.9 Å². The van der Waals surface area contributed by atoms with Crippen molar-refractivity contribution in [2.24, 2.45) is 4.99 Å². The standard InChI is InChI=1S/C21H29N7/c1-4-18-26-19-9-8-16(13-28(19)27-18)25-21(22-3)23-11-10-15-12-24-20-14(2)6-5-7-17(15)20/h5-7,12,16,24H,4,8-11,13H2,1-3H3,(H2,22,23,25). The molecular weight excluding hydrogens is 350 g/mol. The van der Waals surface area contributed by atoms with E-state index in [-0.39, 0.29) is 0 Å². The summed E-state index contributed by atoms with van der Waals surface area (Å²) >= 11 is 0. The highest BCUT2D eigenvalue weighted by Crippen LogP contribution is 2.21. The van der Waals surface area contributed by atoms with E-state index in [1.807, 2.05) is 11.7 Å². The van der Waals surface area contributed by atoms with Crippen LogP contribution in [0.5, 0.6) is 0 Å². The number of H-pyrrole nitrogens is 1. The third-order valence-electron chi connectivity index (χ3n) is 5.48. The first kappa shape index (κ1) is 18.5. The van der Waals surface area contributed by atoms with Crippen LogP contribution in [-0.2, 0) is 25.8 Å². The lowest BCUT2D eigenvalue weighted by atomic mass is 10.1. The van der Waals surface area contributed by atoms with E-state index in [9.17, 15) is 0 Å². The second kappa shape index (κ2) is 8.04. The van der Waals surface area contributed by atoms with E-state index >= 15 is 0 Å². The van der Waals surface area contributed by atoms with Gasteiger partial charge in [0.15, 0.2) is 11.8 Å². The number of aromatic amines is 1. The molecule has 1 aliphatic heterocycles. The van der Waals surface area contributed by atoms with Gasteiger partial charge in [-0.3, -0.25) is 4.99 Å². The van der Waals surface area contributed by atoms with Gasteiger partial charge in [-0.15, -0.1) is 0 Å². The van der Waals surface area contributed by atoms with Crippen molar-refractivity contribution in [3.8, 4) is 0 Å². The minimum absolute atomic E-state index is 0.320. The fourth-order valence-corrected chi connectivity index (χ4v) is 3.90. The van der Waals surface area contributed by atoms with Gasteiger partial charge in [-0.25, -0.2) is 9.67 Å². The first-order chi connectivity index (χ1) is 13.7. The molecule has 0 fully saturated rings. The number of hydrogen-bond donors (Lipinski definition) is 3. The maximum absolute atomic E-state index is 4.59. The van der Waals surface area contributed by atoms with E-state index in [0.717, 1.165) is 56.4 Å². The number of aromatic nitrogens is 4. The molecule has 7 nitrogen and oxygen atoms in total. The summed E-state index contributed by atoms with van der Waals surface area (Å²) < 4.78 is 2.04. The van der Waals surface area contributed by atoms with Crippen molar-refractivity contribution in [3.63, 3.8) is 0 Å². The molecule has 28 heavy (non-hydrogen) atoms. The molecule has 3 N–H and O–H groups in total. The summed E-state index contributed by atoms with van der Waals surface area (Å²) in [6.45, 7) is 5.91. The molecule has 3 aromatic rings. The Kier molecular flexibility index (Phi) is 5.32. The van der Waals surface area contributed by atoms with Gasteiger partial charge in [0.1, 0.15) is 5.82 Å². The van der Waals surface area contributed by atoms with Crippen LogP contribution in [0.3, 0.4) is 0 Å². The Bertz CT molecular complexity index is 982. The van der Waals surface area contributed by atoms with Crippen LogP contribution in [0.1, 0.15) is 36.1 Å². The molecule has 2 aromatic heterocycles. The van der Waals surface area contributed by atoms with Crippen molar-refractivity contribution in [3.05, 3.63) is 47.2 Å². The lowest BCUT2D eigenvalue weighted by Gasteiger charge is -2.25. The number of nitrogens with zero attached hydrogens (tertiary/aromatic N) is 4. The van der Waals surface area contributed by atoms with Crippen LogP contribution in [0.4, 0.5) is 0 Å². The molecule has 1 unspecified atom stereocenters. The third-order valence-corrected chi connectivity index (χ3v) is 5.48. The third kappa shape index (κ3) is 3.74. The van der Waals surface area contributed by atoms with E-state index in [0.29, 0.717) is 6.04 Å². The summed E-state index contributed by atoms with van der Waals surface area (Å²) in [5, 5.41) is 12.9. The van der Waals surface area contributed by atoms with Crippen LogP contribution < -0.4 is 10.6 Å². The Hall–Kier alpha value is -2.83. The summed E-state index contributed by atoms with van der Waals surface area (Å²) in [7, 11) is 1.82. The number of fused-ring (bicyclic) bond motifs is 2. The first-order valence-corrected chi connectivity index (χ1v) is 10.1. The normalized spacial score (nSPS) is 17.0. The number of rotatable bonds is 5. The van der Waals surface area contributed by atoms with Crippen LogP contribution in [0.2, 0.25) is 0 Å². The zero-order valence-corrected chi connectivity index (χ0v) is 16.9. The predicted octanol–water partition coefficient (Wildman–Crippen LogP) is 2.35.